The number of hydrogen-bond acceptors (Lipinski definition) is 2. The highest BCUT2D eigenvalue weighted by molar-refractivity contribution is 8.01. The highest BCUT2D eigenvalue weighted by atomic mass is 32.2. The van der Waals surface area contributed by atoms with Crippen molar-refractivity contribution < 1.29 is 8.78 Å². The number of nitrogens with zero attached hydrogens (tertiary/aromatic N) is 1. The Labute approximate surface area is 79.2 Å². The van der Waals surface area contributed by atoms with Crippen molar-refractivity contribution in [3.8, 4) is 0 Å². The molecular formula is C9H7F2NS. The standard InChI is InChI=1S/C9H7F2NS/c10-7-4-8(11)6-9(5-7)12-2-1-3-13-12/h1-2,4-6H,3H2. The molecule has 0 amide bonds. The molecule has 0 saturated heterocycles. The Balaban J connectivity index is 2.34. The monoisotopic (exact) mass is 199 g/mol. The highest BCUT2D eigenvalue weighted by Gasteiger charge is 2.10. The quantitative estimate of drug-likeness (QED) is 0.640. The molecule has 1 aromatic rings. The van der Waals surface area contributed by atoms with Crippen LogP contribution >= 0.6 is 11.9 Å². The van der Waals surface area contributed by atoms with Gasteiger partial charge < -0.3 is 0 Å². The van der Waals surface area contributed by atoms with Crippen LogP contribution in [0.25, 0.3) is 0 Å². The Morgan fingerprint density at radius 1 is 1.15 bits per heavy atom. The van der Waals surface area contributed by atoms with Gasteiger partial charge in [0.05, 0.1) is 5.69 Å². The molecule has 2 rings (SSSR count). The summed E-state index contributed by atoms with van der Waals surface area (Å²) in [6, 6.07) is 3.49. The molecule has 0 N–H and O–H groups in total. The van der Waals surface area contributed by atoms with Crippen molar-refractivity contribution in [1.82, 2.24) is 0 Å². The summed E-state index contributed by atoms with van der Waals surface area (Å²) in [4.78, 5) is 0. The van der Waals surface area contributed by atoms with Gasteiger partial charge in [-0.15, -0.1) is 0 Å². The first kappa shape index (κ1) is 8.56. The Kier molecular flexibility index (Phi) is 2.22. The van der Waals surface area contributed by atoms with Crippen LogP contribution in [0.2, 0.25) is 0 Å². The van der Waals surface area contributed by atoms with Crippen molar-refractivity contribution >= 4 is 17.6 Å². The van der Waals surface area contributed by atoms with Crippen LogP contribution in [0.4, 0.5) is 14.5 Å². The van der Waals surface area contributed by atoms with Crippen molar-refractivity contribution in [2.24, 2.45) is 0 Å². The third-order valence-corrected chi connectivity index (χ3v) is 2.60. The van der Waals surface area contributed by atoms with Gasteiger partial charge in [0, 0.05) is 18.0 Å². The van der Waals surface area contributed by atoms with E-state index in [9.17, 15) is 8.78 Å². The Morgan fingerprint density at radius 3 is 2.38 bits per heavy atom. The molecule has 0 aliphatic carbocycles. The lowest BCUT2D eigenvalue weighted by atomic mass is 10.3. The molecule has 0 fully saturated rings. The highest BCUT2D eigenvalue weighted by Crippen LogP contribution is 2.28. The van der Waals surface area contributed by atoms with E-state index < -0.39 is 11.6 Å². The molecule has 0 aromatic heterocycles. The number of hydrogen-bond donors (Lipinski definition) is 0. The van der Waals surface area contributed by atoms with Crippen molar-refractivity contribution in [3.05, 3.63) is 42.1 Å². The molecule has 1 aromatic carbocycles. The van der Waals surface area contributed by atoms with E-state index >= 15 is 0 Å². The summed E-state index contributed by atoms with van der Waals surface area (Å²) < 4.78 is 27.3. The smallest absolute Gasteiger partial charge is 0.128 e. The Bertz CT molecular complexity index is 331. The lowest BCUT2D eigenvalue weighted by Gasteiger charge is -2.13. The van der Waals surface area contributed by atoms with Crippen molar-refractivity contribution in [1.29, 1.82) is 0 Å². The van der Waals surface area contributed by atoms with Gasteiger partial charge in [0.25, 0.3) is 0 Å². The van der Waals surface area contributed by atoms with Crippen molar-refractivity contribution in [2.75, 3.05) is 10.1 Å². The maximum absolute atomic E-state index is 12.8. The lowest BCUT2D eigenvalue weighted by molar-refractivity contribution is 0.584. The molecule has 1 aliphatic heterocycles. The topological polar surface area (TPSA) is 3.24 Å². The first-order chi connectivity index (χ1) is 6.25. The maximum Gasteiger partial charge on any atom is 0.128 e. The molecule has 13 heavy (non-hydrogen) atoms. The van der Waals surface area contributed by atoms with Crippen LogP contribution in [0, 0.1) is 11.6 Å². The fourth-order valence-corrected chi connectivity index (χ4v) is 1.89. The van der Waals surface area contributed by atoms with Crippen LogP contribution in [0.5, 0.6) is 0 Å². The molecule has 0 atom stereocenters. The van der Waals surface area contributed by atoms with E-state index in [4.69, 9.17) is 0 Å². The molecule has 0 radical (unpaired) electrons. The molecule has 4 heteroatoms. The summed E-state index contributed by atoms with van der Waals surface area (Å²) in [5.74, 6) is -0.246. The van der Waals surface area contributed by atoms with Gasteiger partial charge in [-0.2, -0.15) is 0 Å². The Morgan fingerprint density at radius 2 is 1.85 bits per heavy atom. The lowest BCUT2D eigenvalue weighted by Crippen LogP contribution is -2.01. The second kappa shape index (κ2) is 3.38. The summed E-state index contributed by atoms with van der Waals surface area (Å²) >= 11 is 1.50. The zero-order chi connectivity index (χ0) is 9.26. The summed E-state index contributed by atoms with van der Waals surface area (Å²) in [6.45, 7) is 0. The second-order valence-electron chi connectivity index (χ2n) is 2.63. The van der Waals surface area contributed by atoms with Gasteiger partial charge in [0.1, 0.15) is 11.6 Å². The van der Waals surface area contributed by atoms with E-state index in [1.54, 1.807) is 10.5 Å². The minimum Gasteiger partial charge on any atom is -0.292 e. The fraction of sp³-hybridized carbons (Fsp3) is 0.111. The summed E-state index contributed by atoms with van der Waals surface area (Å²) in [5.41, 5.74) is 0.538. The normalized spacial score (nSPS) is 15.4. The third kappa shape index (κ3) is 1.83. The predicted molar refractivity (Wildman–Crippen MR) is 50.4 cm³/mol. The zero-order valence-electron chi connectivity index (χ0n) is 6.71. The molecule has 1 aliphatic rings. The van der Waals surface area contributed by atoms with Gasteiger partial charge >= 0.3 is 0 Å². The molecule has 0 saturated carbocycles. The minimum atomic E-state index is -0.545. The first-order valence-electron chi connectivity index (χ1n) is 3.80. The third-order valence-electron chi connectivity index (χ3n) is 1.65. The van der Waals surface area contributed by atoms with Gasteiger partial charge in [-0.25, -0.2) is 8.78 Å². The first-order valence-corrected chi connectivity index (χ1v) is 4.75. The summed E-state index contributed by atoms with van der Waals surface area (Å²) in [6.07, 6.45) is 3.74. The van der Waals surface area contributed by atoms with Gasteiger partial charge in [0.15, 0.2) is 0 Å². The molecule has 1 heterocycles. The Hall–Kier alpha value is -1.03. The van der Waals surface area contributed by atoms with E-state index in [-0.39, 0.29) is 0 Å². The van der Waals surface area contributed by atoms with Crippen LogP contribution in [0.15, 0.2) is 30.5 Å². The molecule has 0 unspecified atom stereocenters. The number of anilines is 1. The average molecular weight is 199 g/mol. The summed E-state index contributed by atoms with van der Waals surface area (Å²) in [7, 11) is 0. The number of halogens is 2. The van der Waals surface area contributed by atoms with Crippen molar-refractivity contribution in [3.63, 3.8) is 0 Å². The second-order valence-corrected chi connectivity index (χ2v) is 3.62. The van der Waals surface area contributed by atoms with Crippen LogP contribution in [-0.4, -0.2) is 5.75 Å². The molecule has 0 spiro atoms. The SMILES string of the molecule is Fc1cc(F)cc(N2C=CCS2)c1. The maximum atomic E-state index is 12.8. The van der Waals surface area contributed by atoms with Gasteiger partial charge in [-0.1, -0.05) is 6.08 Å². The predicted octanol–water partition coefficient (Wildman–Crippen LogP) is 2.95. The number of rotatable bonds is 1. The molecule has 0 bridgehead atoms. The van der Waals surface area contributed by atoms with Crippen molar-refractivity contribution in [2.45, 2.75) is 0 Å². The van der Waals surface area contributed by atoms with E-state index in [1.807, 2.05) is 6.08 Å². The minimum absolute atomic E-state index is 0.538. The van der Waals surface area contributed by atoms with E-state index in [0.29, 0.717) is 5.69 Å². The number of benzene rings is 1. The largest absolute Gasteiger partial charge is 0.292 e. The zero-order valence-corrected chi connectivity index (χ0v) is 7.52. The molecule has 68 valence electrons. The van der Waals surface area contributed by atoms with Crippen LogP contribution in [-0.2, 0) is 0 Å². The summed E-state index contributed by atoms with van der Waals surface area (Å²) in [5, 5.41) is 0. The van der Waals surface area contributed by atoms with Gasteiger partial charge in [-0.3, -0.25) is 4.31 Å². The molecule has 1 nitrogen and oxygen atoms in total. The fourth-order valence-electron chi connectivity index (χ4n) is 1.13. The van der Waals surface area contributed by atoms with Gasteiger partial charge in [-0.05, 0) is 24.1 Å². The van der Waals surface area contributed by atoms with Crippen LogP contribution in [0.1, 0.15) is 0 Å². The van der Waals surface area contributed by atoms with Crippen LogP contribution in [0.3, 0.4) is 0 Å². The van der Waals surface area contributed by atoms with Crippen LogP contribution < -0.4 is 4.31 Å². The molecular weight excluding hydrogens is 192 g/mol. The van der Waals surface area contributed by atoms with Gasteiger partial charge in [0.2, 0.25) is 0 Å². The van der Waals surface area contributed by atoms with E-state index in [2.05, 4.69) is 0 Å². The average Bonchev–Trinajstić information content (AvgIpc) is 2.53. The van der Waals surface area contributed by atoms with E-state index in [1.165, 1.54) is 24.1 Å². The van der Waals surface area contributed by atoms with E-state index in [0.717, 1.165) is 11.8 Å².